The summed E-state index contributed by atoms with van der Waals surface area (Å²) in [5.41, 5.74) is 1.25. The molecule has 1 aromatic rings. The Balaban J connectivity index is 1.66. The molecule has 20 heavy (non-hydrogen) atoms. The predicted molar refractivity (Wildman–Crippen MR) is 77.1 cm³/mol. The van der Waals surface area contributed by atoms with E-state index in [9.17, 15) is 9.90 Å². The molecule has 1 aliphatic rings. The van der Waals surface area contributed by atoms with Gasteiger partial charge >= 0.3 is 0 Å². The van der Waals surface area contributed by atoms with Crippen LogP contribution in [0.15, 0.2) is 30.3 Å². The molecule has 0 aromatic heterocycles. The number of aryl methyl sites for hydroxylation is 1. The van der Waals surface area contributed by atoms with Crippen LogP contribution in [0.5, 0.6) is 0 Å². The number of nitrogens with one attached hydrogen (secondary N) is 1. The first-order valence-corrected chi connectivity index (χ1v) is 7.31. The molecule has 0 unspecified atom stereocenters. The van der Waals surface area contributed by atoms with Crippen molar-refractivity contribution in [1.82, 2.24) is 5.32 Å². The van der Waals surface area contributed by atoms with Crippen molar-refractivity contribution in [2.24, 2.45) is 5.92 Å². The molecular weight excluding hydrogens is 254 g/mol. The number of carbonyl (C=O) groups is 1. The Morgan fingerprint density at radius 2 is 2.00 bits per heavy atom. The van der Waals surface area contributed by atoms with E-state index in [2.05, 4.69) is 17.4 Å². The molecule has 1 aromatic carbocycles. The Hall–Kier alpha value is -1.39. The van der Waals surface area contributed by atoms with Gasteiger partial charge in [0.1, 0.15) is 0 Å². The van der Waals surface area contributed by atoms with E-state index in [1.54, 1.807) is 0 Å². The lowest BCUT2D eigenvalue weighted by Gasteiger charge is -2.12. The van der Waals surface area contributed by atoms with Crippen LogP contribution in [0.3, 0.4) is 0 Å². The number of hydrogen-bond donors (Lipinski definition) is 3. The smallest absolute Gasteiger partial charge is 0.220 e. The lowest BCUT2D eigenvalue weighted by atomic mass is 10.1. The number of rotatable bonds is 6. The fourth-order valence-corrected chi connectivity index (χ4v) is 2.81. The molecule has 0 aliphatic heterocycles. The van der Waals surface area contributed by atoms with E-state index in [0.717, 1.165) is 12.8 Å². The van der Waals surface area contributed by atoms with Crippen LogP contribution in [0.25, 0.3) is 0 Å². The van der Waals surface area contributed by atoms with E-state index in [-0.39, 0.29) is 24.5 Å². The quantitative estimate of drug-likeness (QED) is 0.733. The number of amides is 1. The first-order valence-electron chi connectivity index (χ1n) is 7.31. The number of benzene rings is 1. The van der Waals surface area contributed by atoms with Crippen molar-refractivity contribution in [1.29, 1.82) is 0 Å². The van der Waals surface area contributed by atoms with E-state index in [0.29, 0.717) is 19.3 Å². The van der Waals surface area contributed by atoms with Crippen molar-refractivity contribution >= 4 is 5.91 Å². The lowest BCUT2D eigenvalue weighted by molar-refractivity contribution is -0.121. The average Bonchev–Trinajstić information content (AvgIpc) is 2.80. The van der Waals surface area contributed by atoms with Crippen LogP contribution in [-0.4, -0.2) is 34.9 Å². The van der Waals surface area contributed by atoms with Gasteiger partial charge in [0.15, 0.2) is 0 Å². The molecule has 0 heterocycles. The molecular formula is C16H23NO3. The minimum absolute atomic E-state index is 0.00590. The van der Waals surface area contributed by atoms with Crippen LogP contribution in [0.1, 0.15) is 31.2 Å². The van der Waals surface area contributed by atoms with Crippen molar-refractivity contribution in [3.8, 4) is 0 Å². The van der Waals surface area contributed by atoms with Gasteiger partial charge in [-0.25, -0.2) is 0 Å². The van der Waals surface area contributed by atoms with E-state index in [1.165, 1.54) is 5.56 Å². The largest absolute Gasteiger partial charge is 0.396 e. The molecule has 0 spiro atoms. The molecule has 1 fully saturated rings. The van der Waals surface area contributed by atoms with Crippen molar-refractivity contribution in [2.45, 2.75) is 44.2 Å². The Morgan fingerprint density at radius 3 is 2.65 bits per heavy atom. The number of carbonyl (C=O) groups excluding carboxylic acids is 1. The summed E-state index contributed by atoms with van der Waals surface area (Å²) in [5.74, 6) is -0.0543. The summed E-state index contributed by atoms with van der Waals surface area (Å²) in [4.78, 5) is 11.8. The highest BCUT2D eigenvalue weighted by Crippen LogP contribution is 2.25. The Kier molecular flexibility index (Phi) is 5.56. The van der Waals surface area contributed by atoms with Gasteiger partial charge in [0.25, 0.3) is 0 Å². The maximum atomic E-state index is 11.8. The van der Waals surface area contributed by atoms with Crippen LogP contribution in [-0.2, 0) is 11.2 Å². The Morgan fingerprint density at radius 1 is 1.25 bits per heavy atom. The SMILES string of the molecule is O=C(CCCc1ccccc1)N[C@H]1C[C@@H](CO)[C@H](O)C1. The van der Waals surface area contributed by atoms with E-state index in [1.807, 2.05) is 18.2 Å². The van der Waals surface area contributed by atoms with E-state index < -0.39 is 6.10 Å². The molecule has 1 saturated carbocycles. The number of aliphatic hydroxyl groups excluding tert-OH is 2. The summed E-state index contributed by atoms with van der Waals surface area (Å²) >= 11 is 0. The molecule has 4 nitrogen and oxygen atoms in total. The zero-order valence-corrected chi connectivity index (χ0v) is 11.7. The van der Waals surface area contributed by atoms with Crippen molar-refractivity contribution < 1.29 is 15.0 Å². The predicted octanol–water partition coefficient (Wildman–Crippen LogP) is 1.26. The minimum Gasteiger partial charge on any atom is -0.396 e. The van der Waals surface area contributed by atoms with Gasteiger partial charge in [0.05, 0.1) is 6.10 Å². The summed E-state index contributed by atoms with van der Waals surface area (Å²) in [6.07, 6.45) is 2.97. The Labute approximate surface area is 119 Å². The number of aliphatic hydroxyl groups is 2. The third-order valence-corrected chi connectivity index (χ3v) is 3.97. The summed E-state index contributed by atoms with van der Waals surface area (Å²) in [5, 5.41) is 21.7. The molecule has 2 rings (SSSR count). The van der Waals surface area contributed by atoms with Gasteiger partial charge in [-0.3, -0.25) is 4.79 Å². The standard InChI is InChI=1S/C16H23NO3/c18-11-13-9-14(10-15(13)19)17-16(20)8-4-7-12-5-2-1-3-6-12/h1-3,5-6,13-15,18-19H,4,7-11H2,(H,17,20)/t13-,14-,15+/m0/s1. The average molecular weight is 277 g/mol. The third kappa shape index (κ3) is 4.32. The first kappa shape index (κ1) is 15.0. The molecule has 1 amide bonds. The maximum absolute atomic E-state index is 11.8. The number of hydrogen-bond acceptors (Lipinski definition) is 3. The van der Waals surface area contributed by atoms with Crippen molar-refractivity contribution in [3.63, 3.8) is 0 Å². The van der Waals surface area contributed by atoms with Crippen LogP contribution < -0.4 is 5.32 Å². The summed E-state index contributed by atoms with van der Waals surface area (Å²) in [7, 11) is 0. The molecule has 4 heteroatoms. The second kappa shape index (κ2) is 7.41. The second-order valence-corrected chi connectivity index (χ2v) is 5.58. The topological polar surface area (TPSA) is 69.6 Å². The van der Waals surface area contributed by atoms with E-state index >= 15 is 0 Å². The van der Waals surface area contributed by atoms with Gasteiger partial charge in [0.2, 0.25) is 5.91 Å². The van der Waals surface area contributed by atoms with Gasteiger partial charge in [-0.05, 0) is 31.2 Å². The van der Waals surface area contributed by atoms with Crippen LogP contribution in [0.2, 0.25) is 0 Å². The van der Waals surface area contributed by atoms with Crippen molar-refractivity contribution in [2.75, 3.05) is 6.61 Å². The summed E-state index contributed by atoms with van der Waals surface area (Å²) in [6, 6.07) is 10.1. The highest BCUT2D eigenvalue weighted by atomic mass is 16.3. The van der Waals surface area contributed by atoms with Gasteiger partial charge in [-0.2, -0.15) is 0 Å². The zero-order chi connectivity index (χ0) is 14.4. The zero-order valence-electron chi connectivity index (χ0n) is 11.7. The molecule has 1 aliphatic carbocycles. The second-order valence-electron chi connectivity index (χ2n) is 5.58. The van der Waals surface area contributed by atoms with E-state index in [4.69, 9.17) is 5.11 Å². The molecule has 0 saturated heterocycles. The fraction of sp³-hybridized carbons (Fsp3) is 0.562. The Bertz CT molecular complexity index is 421. The van der Waals surface area contributed by atoms with Crippen molar-refractivity contribution in [3.05, 3.63) is 35.9 Å². The highest BCUT2D eigenvalue weighted by Gasteiger charge is 2.32. The summed E-state index contributed by atoms with van der Waals surface area (Å²) in [6.45, 7) is -0.0124. The van der Waals surface area contributed by atoms with Crippen LogP contribution in [0.4, 0.5) is 0 Å². The normalized spacial score (nSPS) is 25.6. The highest BCUT2D eigenvalue weighted by molar-refractivity contribution is 5.76. The third-order valence-electron chi connectivity index (χ3n) is 3.97. The summed E-state index contributed by atoms with van der Waals surface area (Å²) < 4.78 is 0. The first-order chi connectivity index (χ1) is 9.69. The molecule has 0 bridgehead atoms. The molecule has 0 radical (unpaired) electrons. The van der Waals surface area contributed by atoms with Gasteiger partial charge < -0.3 is 15.5 Å². The van der Waals surface area contributed by atoms with Gasteiger partial charge in [-0.1, -0.05) is 30.3 Å². The molecule has 110 valence electrons. The maximum Gasteiger partial charge on any atom is 0.220 e. The molecule has 3 atom stereocenters. The monoisotopic (exact) mass is 277 g/mol. The van der Waals surface area contributed by atoms with Gasteiger partial charge in [0, 0.05) is 25.0 Å². The lowest BCUT2D eigenvalue weighted by Crippen LogP contribution is -2.33. The van der Waals surface area contributed by atoms with Gasteiger partial charge in [-0.15, -0.1) is 0 Å². The fourth-order valence-electron chi connectivity index (χ4n) is 2.81. The molecule has 3 N–H and O–H groups in total. The van der Waals surface area contributed by atoms with Crippen LogP contribution in [0, 0.1) is 5.92 Å². The minimum atomic E-state index is -0.491. The van der Waals surface area contributed by atoms with Crippen LogP contribution >= 0.6 is 0 Å².